The summed E-state index contributed by atoms with van der Waals surface area (Å²) in [6.07, 6.45) is 4.89. The van der Waals surface area contributed by atoms with E-state index in [1.54, 1.807) is 6.07 Å². The number of nitrogens with two attached hydrogens (primary N) is 1. The van der Waals surface area contributed by atoms with Gasteiger partial charge < -0.3 is 11.1 Å². The van der Waals surface area contributed by atoms with Crippen LogP contribution in [0, 0.1) is 0 Å². The molecule has 0 bridgehead atoms. The van der Waals surface area contributed by atoms with Crippen LogP contribution in [-0.4, -0.2) is 11.3 Å². The van der Waals surface area contributed by atoms with Gasteiger partial charge in [0.05, 0.1) is 0 Å². The second-order valence-electron chi connectivity index (χ2n) is 4.75. The van der Waals surface area contributed by atoms with Crippen LogP contribution in [0.25, 0.3) is 0 Å². The third-order valence-electron chi connectivity index (χ3n) is 3.30. The van der Waals surface area contributed by atoms with Crippen LogP contribution in [-0.2, 0) is 6.54 Å². The van der Waals surface area contributed by atoms with Crippen molar-refractivity contribution in [1.82, 2.24) is 5.32 Å². The van der Waals surface area contributed by atoms with Gasteiger partial charge in [-0.3, -0.25) is 0 Å². The SMILES string of the molecule is Nc1ccc(CNC2CCCC(S)C2)c(Cl)c1. The molecule has 1 fully saturated rings. The van der Waals surface area contributed by atoms with Crippen LogP contribution in [0.4, 0.5) is 5.69 Å². The number of hydrogen-bond acceptors (Lipinski definition) is 3. The molecule has 0 aliphatic heterocycles. The van der Waals surface area contributed by atoms with Gasteiger partial charge in [0.25, 0.3) is 0 Å². The smallest absolute Gasteiger partial charge is 0.0471 e. The average molecular weight is 271 g/mol. The molecular weight excluding hydrogens is 252 g/mol. The van der Waals surface area contributed by atoms with Crippen LogP contribution < -0.4 is 11.1 Å². The van der Waals surface area contributed by atoms with Gasteiger partial charge in [0.2, 0.25) is 0 Å². The van der Waals surface area contributed by atoms with Gasteiger partial charge in [-0.2, -0.15) is 12.6 Å². The molecule has 17 heavy (non-hydrogen) atoms. The van der Waals surface area contributed by atoms with E-state index >= 15 is 0 Å². The Bertz CT molecular complexity index is 384. The summed E-state index contributed by atoms with van der Waals surface area (Å²) in [6.45, 7) is 0.810. The first-order valence-electron chi connectivity index (χ1n) is 6.10. The summed E-state index contributed by atoms with van der Waals surface area (Å²) >= 11 is 10.7. The van der Waals surface area contributed by atoms with Crippen LogP contribution in [0.5, 0.6) is 0 Å². The van der Waals surface area contributed by atoms with Crippen molar-refractivity contribution in [3.8, 4) is 0 Å². The van der Waals surface area contributed by atoms with Crippen molar-refractivity contribution in [1.29, 1.82) is 0 Å². The molecule has 0 radical (unpaired) electrons. The average Bonchev–Trinajstić information content (AvgIpc) is 2.28. The Morgan fingerprint density at radius 1 is 1.41 bits per heavy atom. The maximum Gasteiger partial charge on any atom is 0.0471 e. The molecule has 1 aromatic carbocycles. The lowest BCUT2D eigenvalue weighted by Crippen LogP contribution is -2.34. The van der Waals surface area contributed by atoms with E-state index in [0.29, 0.717) is 17.0 Å². The number of anilines is 1. The molecule has 2 nitrogen and oxygen atoms in total. The fourth-order valence-corrected chi connectivity index (χ4v) is 3.00. The van der Waals surface area contributed by atoms with Crippen molar-refractivity contribution in [3.05, 3.63) is 28.8 Å². The summed E-state index contributed by atoms with van der Waals surface area (Å²) in [4.78, 5) is 0. The maximum atomic E-state index is 6.14. The van der Waals surface area contributed by atoms with Crippen LogP contribution in [0.1, 0.15) is 31.2 Å². The Labute approximate surface area is 113 Å². The summed E-state index contributed by atoms with van der Waals surface area (Å²) in [5.41, 5.74) is 7.50. The number of rotatable bonds is 3. The maximum absolute atomic E-state index is 6.14. The highest BCUT2D eigenvalue weighted by Gasteiger charge is 2.18. The highest BCUT2D eigenvalue weighted by molar-refractivity contribution is 7.80. The lowest BCUT2D eigenvalue weighted by Gasteiger charge is -2.27. The highest BCUT2D eigenvalue weighted by Crippen LogP contribution is 2.24. The Hall–Kier alpha value is -0.380. The third-order valence-corrected chi connectivity index (χ3v) is 4.13. The van der Waals surface area contributed by atoms with Crippen molar-refractivity contribution in [3.63, 3.8) is 0 Å². The number of nitrogen functional groups attached to an aromatic ring is 1. The molecule has 1 aliphatic rings. The van der Waals surface area contributed by atoms with Crippen molar-refractivity contribution >= 4 is 29.9 Å². The number of halogens is 1. The number of benzene rings is 1. The van der Waals surface area contributed by atoms with Crippen LogP contribution in [0.15, 0.2) is 18.2 Å². The zero-order valence-electron chi connectivity index (χ0n) is 9.82. The molecule has 0 aromatic heterocycles. The molecule has 2 atom stereocenters. The Morgan fingerprint density at radius 2 is 2.24 bits per heavy atom. The first-order chi connectivity index (χ1) is 8.15. The van der Waals surface area contributed by atoms with Gasteiger partial charge in [-0.1, -0.05) is 24.1 Å². The van der Waals surface area contributed by atoms with Crippen molar-refractivity contribution < 1.29 is 0 Å². The molecule has 4 heteroatoms. The van der Waals surface area contributed by atoms with Gasteiger partial charge in [-0.25, -0.2) is 0 Å². The quantitative estimate of drug-likeness (QED) is 0.583. The summed E-state index contributed by atoms with van der Waals surface area (Å²) in [7, 11) is 0. The second kappa shape index (κ2) is 5.98. The molecule has 0 heterocycles. The topological polar surface area (TPSA) is 38.0 Å². The van der Waals surface area contributed by atoms with Gasteiger partial charge in [0.15, 0.2) is 0 Å². The molecule has 3 N–H and O–H groups in total. The first-order valence-corrected chi connectivity index (χ1v) is 7.00. The summed E-state index contributed by atoms with van der Waals surface area (Å²) in [5.74, 6) is 0. The Kier molecular flexibility index (Phi) is 4.60. The van der Waals surface area contributed by atoms with Gasteiger partial charge >= 0.3 is 0 Å². The normalized spacial score (nSPS) is 24.8. The predicted molar refractivity (Wildman–Crippen MR) is 77.7 cm³/mol. The van der Waals surface area contributed by atoms with Crippen LogP contribution in [0.3, 0.4) is 0 Å². The Balaban J connectivity index is 1.88. The van der Waals surface area contributed by atoms with Gasteiger partial charge in [0.1, 0.15) is 0 Å². The van der Waals surface area contributed by atoms with E-state index in [2.05, 4.69) is 17.9 Å². The van der Waals surface area contributed by atoms with E-state index in [0.717, 1.165) is 23.6 Å². The Morgan fingerprint density at radius 3 is 2.94 bits per heavy atom. The minimum atomic E-state index is 0.545. The summed E-state index contributed by atoms with van der Waals surface area (Å²) in [6, 6.07) is 6.26. The van der Waals surface area contributed by atoms with Crippen LogP contribution >= 0.6 is 24.2 Å². The third kappa shape index (κ3) is 3.80. The molecule has 0 spiro atoms. The molecule has 1 aromatic rings. The molecular formula is C13H19ClN2S. The molecule has 0 amide bonds. The largest absolute Gasteiger partial charge is 0.399 e. The molecule has 2 unspecified atom stereocenters. The predicted octanol–water partition coefficient (Wildman–Crippen LogP) is 3.25. The number of nitrogens with one attached hydrogen (secondary N) is 1. The van der Waals surface area contributed by atoms with Crippen LogP contribution in [0.2, 0.25) is 5.02 Å². The van der Waals surface area contributed by atoms with Gasteiger partial charge in [-0.15, -0.1) is 0 Å². The highest BCUT2D eigenvalue weighted by atomic mass is 35.5. The van der Waals surface area contributed by atoms with E-state index in [4.69, 9.17) is 17.3 Å². The van der Waals surface area contributed by atoms with E-state index in [1.807, 2.05) is 12.1 Å². The minimum absolute atomic E-state index is 0.545. The minimum Gasteiger partial charge on any atom is -0.399 e. The van der Waals surface area contributed by atoms with Crippen molar-refractivity contribution in [2.24, 2.45) is 0 Å². The fourth-order valence-electron chi connectivity index (χ4n) is 2.31. The lowest BCUT2D eigenvalue weighted by atomic mass is 9.95. The van der Waals surface area contributed by atoms with E-state index in [1.165, 1.54) is 19.3 Å². The van der Waals surface area contributed by atoms with Crippen molar-refractivity contribution in [2.45, 2.75) is 43.5 Å². The first kappa shape index (κ1) is 13.1. The zero-order chi connectivity index (χ0) is 12.3. The second-order valence-corrected chi connectivity index (χ2v) is 5.89. The zero-order valence-corrected chi connectivity index (χ0v) is 11.5. The fraction of sp³-hybridized carbons (Fsp3) is 0.538. The molecule has 94 valence electrons. The summed E-state index contributed by atoms with van der Waals surface area (Å²) < 4.78 is 0. The van der Waals surface area contributed by atoms with Gasteiger partial charge in [0, 0.05) is 28.5 Å². The standard InChI is InChI=1S/C13H19ClN2S/c14-13-6-10(15)5-4-9(13)8-16-11-2-1-3-12(17)7-11/h4-6,11-12,16-17H,1-3,7-8,15H2. The molecule has 0 saturated heterocycles. The van der Waals surface area contributed by atoms with Crippen molar-refractivity contribution in [2.75, 3.05) is 5.73 Å². The monoisotopic (exact) mass is 270 g/mol. The lowest BCUT2D eigenvalue weighted by molar-refractivity contribution is 0.380. The van der Waals surface area contributed by atoms with Gasteiger partial charge in [-0.05, 0) is 37.0 Å². The molecule has 2 rings (SSSR count). The molecule has 1 saturated carbocycles. The molecule has 1 aliphatic carbocycles. The van der Waals surface area contributed by atoms with E-state index in [-0.39, 0.29) is 0 Å². The number of hydrogen-bond donors (Lipinski definition) is 3. The summed E-state index contributed by atoms with van der Waals surface area (Å²) in [5, 5.41) is 4.85. The van der Waals surface area contributed by atoms with E-state index < -0.39 is 0 Å². The number of thiol groups is 1. The van der Waals surface area contributed by atoms with E-state index in [9.17, 15) is 0 Å².